The molecule has 1 N–H and O–H groups in total. The molecule has 0 unspecified atom stereocenters. The molecule has 0 radical (unpaired) electrons. The van der Waals surface area contributed by atoms with Crippen molar-refractivity contribution in [3.8, 4) is 11.4 Å². The van der Waals surface area contributed by atoms with Crippen LogP contribution in [0.25, 0.3) is 11.4 Å². The van der Waals surface area contributed by atoms with Gasteiger partial charge in [0.05, 0.1) is 0 Å². The largest absolute Gasteiger partial charge is 0.506 e. The van der Waals surface area contributed by atoms with Crippen LogP contribution in [0, 0.1) is 5.41 Å². The average molecular weight is 448 g/mol. The van der Waals surface area contributed by atoms with Gasteiger partial charge in [0.2, 0.25) is 11.7 Å². The summed E-state index contributed by atoms with van der Waals surface area (Å²) < 4.78 is 10.3. The second-order valence-corrected chi connectivity index (χ2v) is 9.42. The van der Waals surface area contributed by atoms with Gasteiger partial charge in [0.25, 0.3) is 0 Å². The number of nitrogens with zero attached hydrogens (tertiary/aromatic N) is 3. The van der Waals surface area contributed by atoms with Crippen molar-refractivity contribution in [1.82, 2.24) is 15.0 Å². The summed E-state index contributed by atoms with van der Waals surface area (Å²) in [4.78, 5) is 17.4. The lowest BCUT2D eigenvalue weighted by Gasteiger charge is -2.42. The fourth-order valence-electron chi connectivity index (χ4n) is 4.95. The monoisotopic (exact) mass is 447 g/mol. The zero-order chi connectivity index (χ0) is 22.7. The van der Waals surface area contributed by atoms with Gasteiger partial charge >= 0.3 is 6.16 Å². The molecule has 0 spiro atoms. The molecule has 7 heteroatoms. The van der Waals surface area contributed by atoms with Gasteiger partial charge in [-0.3, -0.25) is 4.90 Å². The lowest BCUT2D eigenvalue weighted by atomic mass is 9.63. The minimum absolute atomic E-state index is 0.216. The van der Waals surface area contributed by atoms with Crippen LogP contribution in [0.3, 0.4) is 0 Å². The Morgan fingerprint density at radius 3 is 2.52 bits per heavy atom. The Balaban J connectivity index is 1.13. The van der Waals surface area contributed by atoms with Gasteiger partial charge in [-0.25, -0.2) is 4.79 Å². The molecule has 1 saturated heterocycles. The van der Waals surface area contributed by atoms with E-state index < -0.39 is 6.16 Å². The lowest BCUT2D eigenvalue weighted by molar-refractivity contribution is -0.0363. The van der Waals surface area contributed by atoms with Crippen LogP contribution in [0.2, 0.25) is 0 Å². The molecular weight excluding hydrogens is 418 g/mol. The van der Waals surface area contributed by atoms with Crippen molar-refractivity contribution in [2.75, 3.05) is 13.1 Å². The second kappa shape index (κ2) is 9.35. The summed E-state index contributed by atoms with van der Waals surface area (Å²) in [6.07, 6.45) is 5.43. The number of aryl methyl sites for hydroxylation is 1. The zero-order valence-corrected chi connectivity index (χ0v) is 18.7. The van der Waals surface area contributed by atoms with Crippen LogP contribution in [0.5, 0.6) is 0 Å². The number of benzene rings is 2. The molecular formula is C26H29N3O4. The van der Waals surface area contributed by atoms with Crippen molar-refractivity contribution >= 4 is 6.16 Å². The summed E-state index contributed by atoms with van der Waals surface area (Å²) in [5, 5.41) is 12.9. The molecule has 3 aromatic rings. The molecule has 2 aliphatic rings. The maximum absolute atomic E-state index is 10.6. The molecule has 1 saturated carbocycles. The van der Waals surface area contributed by atoms with E-state index in [4.69, 9.17) is 14.4 Å². The van der Waals surface area contributed by atoms with Crippen LogP contribution in [-0.4, -0.2) is 45.5 Å². The first-order chi connectivity index (χ1) is 16.1. The Bertz CT molecular complexity index is 1070. The first-order valence-corrected chi connectivity index (χ1v) is 11.6. The molecule has 2 aromatic carbocycles. The third-order valence-electron chi connectivity index (χ3n) is 6.98. The van der Waals surface area contributed by atoms with E-state index in [1.54, 1.807) is 0 Å². The van der Waals surface area contributed by atoms with Gasteiger partial charge in [-0.2, -0.15) is 4.98 Å². The smallest absolute Gasteiger partial charge is 0.450 e. The molecule has 5 rings (SSSR count). The van der Waals surface area contributed by atoms with E-state index in [1.165, 1.54) is 24.8 Å². The van der Waals surface area contributed by atoms with Crippen molar-refractivity contribution < 1.29 is 19.2 Å². The molecule has 1 aliphatic carbocycles. The summed E-state index contributed by atoms with van der Waals surface area (Å²) in [7, 11) is 0. The number of ether oxygens (including phenoxy) is 1. The number of hydrogen-bond donors (Lipinski definition) is 1. The van der Waals surface area contributed by atoms with Gasteiger partial charge in [0, 0.05) is 31.6 Å². The van der Waals surface area contributed by atoms with E-state index in [-0.39, 0.29) is 6.10 Å². The second-order valence-electron chi connectivity index (χ2n) is 9.42. The van der Waals surface area contributed by atoms with E-state index in [1.807, 2.05) is 12.1 Å². The Kier molecular flexibility index (Phi) is 6.13. The van der Waals surface area contributed by atoms with E-state index >= 15 is 0 Å². The van der Waals surface area contributed by atoms with Gasteiger partial charge < -0.3 is 14.4 Å². The maximum Gasteiger partial charge on any atom is 0.506 e. The van der Waals surface area contributed by atoms with Crippen molar-refractivity contribution in [2.45, 2.75) is 51.2 Å². The maximum atomic E-state index is 10.6. The third kappa shape index (κ3) is 5.25. The molecule has 0 bridgehead atoms. The topological polar surface area (TPSA) is 88.7 Å². The number of aromatic nitrogens is 2. The number of carbonyl (C=O) groups is 1. The van der Waals surface area contributed by atoms with Crippen molar-refractivity contribution in [1.29, 1.82) is 0 Å². The highest BCUT2D eigenvalue weighted by Gasteiger charge is 2.37. The summed E-state index contributed by atoms with van der Waals surface area (Å²) >= 11 is 0. The summed E-state index contributed by atoms with van der Waals surface area (Å²) in [6.45, 7) is 2.03. The van der Waals surface area contributed by atoms with Crippen LogP contribution in [0.4, 0.5) is 4.79 Å². The van der Waals surface area contributed by atoms with Crippen molar-refractivity contribution in [3.05, 3.63) is 71.6 Å². The zero-order valence-electron chi connectivity index (χ0n) is 18.7. The summed E-state index contributed by atoms with van der Waals surface area (Å²) in [6, 6.07) is 18.9. The highest BCUT2D eigenvalue weighted by atomic mass is 16.7. The van der Waals surface area contributed by atoms with Gasteiger partial charge in [-0.05, 0) is 42.2 Å². The van der Waals surface area contributed by atoms with E-state index in [0.29, 0.717) is 30.2 Å². The van der Waals surface area contributed by atoms with E-state index in [9.17, 15) is 4.79 Å². The molecule has 33 heavy (non-hydrogen) atoms. The molecule has 7 nitrogen and oxygen atoms in total. The van der Waals surface area contributed by atoms with Crippen LogP contribution >= 0.6 is 0 Å². The molecule has 2 fully saturated rings. The van der Waals surface area contributed by atoms with Crippen LogP contribution in [0.15, 0.2) is 59.1 Å². The number of rotatable bonds is 9. The minimum atomic E-state index is -1.21. The van der Waals surface area contributed by atoms with Gasteiger partial charge in [-0.15, -0.1) is 0 Å². The number of carboxylic acid groups (broad SMARTS) is 1. The van der Waals surface area contributed by atoms with Crippen molar-refractivity contribution in [2.24, 2.45) is 5.41 Å². The van der Waals surface area contributed by atoms with Crippen LogP contribution < -0.4 is 0 Å². The van der Waals surface area contributed by atoms with Gasteiger partial charge in [0.1, 0.15) is 6.10 Å². The summed E-state index contributed by atoms with van der Waals surface area (Å²) in [5.41, 5.74) is 3.87. The van der Waals surface area contributed by atoms with Gasteiger partial charge in [0.15, 0.2) is 0 Å². The summed E-state index contributed by atoms with van der Waals surface area (Å²) in [5.74, 6) is 1.33. The Labute approximate surface area is 193 Å². The average Bonchev–Trinajstić information content (AvgIpc) is 3.24. The van der Waals surface area contributed by atoms with E-state index in [0.717, 1.165) is 36.9 Å². The quantitative estimate of drug-likeness (QED) is 0.464. The fourth-order valence-corrected chi connectivity index (χ4v) is 4.95. The predicted octanol–water partition coefficient (Wildman–Crippen LogP) is 4.96. The molecule has 1 aliphatic heterocycles. The minimum Gasteiger partial charge on any atom is -0.450 e. The number of hydrogen-bond acceptors (Lipinski definition) is 6. The number of likely N-dealkylation sites (tertiary alicyclic amines) is 1. The highest BCUT2D eigenvalue weighted by molar-refractivity contribution is 5.57. The molecule has 0 atom stereocenters. The lowest BCUT2D eigenvalue weighted by Crippen LogP contribution is -2.52. The Morgan fingerprint density at radius 2 is 1.85 bits per heavy atom. The van der Waals surface area contributed by atoms with E-state index in [2.05, 4.69) is 57.5 Å². The molecule has 1 aromatic heterocycles. The van der Waals surface area contributed by atoms with Crippen LogP contribution in [-0.2, 0) is 24.1 Å². The Hall–Kier alpha value is -3.19. The molecule has 0 amide bonds. The Morgan fingerprint density at radius 1 is 1.09 bits per heavy atom. The molecule has 2 heterocycles. The molecule has 172 valence electrons. The SMILES string of the molecule is O=C(O)OC1CN(Cc2ccc(-c3noc(CCC4(Cc5ccccc5)CCC4)n3)cc2)C1. The first-order valence-electron chi connectivity index (χ1n) is 11.6. The first kappa shape index (κ1) is 21.6. The third-order valence-corrected chi connectivity index (χ3v) is 6.98. The standard InChI is InChI=1S/C26H29N3O4/c30-25(31)32-22-17-29(18-22)16-20-7-9-21(10-8-20)24-27-23(33-28-24)11-14-26(12-4-13-26)15-19-5-2-1-3-6-19/h1-3,5-10,22H,4,11-18H2,(H,30,31). The predicted molar refractivity (Wildman–Crippen MR) is 123 cm³/mol. The van der Waals surface area contributed by atoms with Crippen molar-refractivity contribution in [3.63, 3.8) is 0 Å². The van der Waals surface area contributed by atoms with Crippen LogP contribution in [0.1, 0.15) is 42.7 Å². The highest BCUT2D eigenvalue weighted by Crippen LogP contribution is 2.47. The normalized spacial score (nSPS) is 17.8. The van der Waals surface area contributed by atoms with Gasteiger partial charge in [-0.1, -0.05) is 66.2 Å². The fraction of sp³-hybridized carbons (Fsp3) is 0.423.